The van der Waals surface area contributed by atoms with Crippen molar-refractivity contribution in [3.63, 3.8) is 0 Å². The van der Waals surface area contributed by atoms with E-state index in [1.165, 1.54) is 17.5 Å². The van der Waals surface area contributed by atoms with Gasteiger partial charge in [0.1, 0.15) is 0 Å². The van der Waals surface area contributed by atoms with Crippen LogP contribution in [0.5, 0.6) is 0 Å². The number of alkyl halides is 1. The number of halogens is 1. The Labute approximate surface area is 125 Å². The van der Waals surface area contributed by atoms with E-state index in [9.17, 15) is 0 Å². The molecule has 1 atom stereocenters. The van der Waals surface area contributed by atoms with Crippen LogP contribution in [0.25, 0.3) is 0 Å². The van der Waals surface area contributed by atoms with Crippen molar-refractivity contribution in [3.8, 4) is 0 Å². The maximum Gasteiger partial charge on any atom is 0.0954 e. The lowest BCUT2D eigenvalue weighted by molar-refractivity contribution is 0.00926. The van der Waals surface area contributed by atoms with Gasteiger partial charge in [-0.1, -0.05) is 40.2 Å². The molecule has 1 heterocycles. The molecule has 1 aliphatic heterocycles. The molecule has 19 heavy (non-hydrogen) atoms. The fourth-order valence-corrected chi connectivity index (χ4v) is 2.91. The van der Waals surface area contributed by atoms with E-state index in [2.05, 4.69) is 58.9 Å². The Kier molecular flexibility index (Phi) is 5.86. The maximum atomic E-state index is 6.01. The molecule has 2 rings (SSSR count). The highest BCUT2D eigenvalue weighted by Crippen LogP contribution is 2.28. The third-order valence-corrected chi connectivity index (χ3v) is 4.36. The van der Waals surface area contributed by atoms with E-state index in [4.69, 9.17) is 4.74 Å². The van der Waals surface area contributed by atoms with Gasteiger partial charge in [0.2, 0.25) is 0 Å². The van der Waals surface area contributed by atoms with Gasteiger partial charge in [-0.15, -0.1) is 0 Å². The first kappa shape index (κ1) is 15.0. The third kappa shape index (κ3) is 4.04. The first-order valence-electron chi connectivity index (χ1n) is 7.21. The molecule has 0 saturated carbocycles. The van der Waals surface area contributed by atoms with E-state index in [1.54, 1.807) is 0 Å². The van der Waals surface area contributed by atoms with Gasteiger partial charge in [-0.2, -0.15) is 0 Å². The fraction of sp³-hybridized carbons (Fsp3) is 0.625. The van der Waals surface area contributed by atoms with Crippen LogP contribution in [0, 0.1) is 0 Å². The van der Waals surface area contributed by atoms with Crippen LogP contribution in [-0.2, 0) is 11.2 Å². The molecule has 0 radical (unpaired) electrons. The van der Waals surface area contributed by atoms with Gasteiger partial charge in [0, 0.05) is 17.9 Å². The van der Waals surface area contributed by atoms with Crippen LogP contribution in [0.3, 0.4) is 0 Å². The smallest absolute Gasteiger partial charge is 0.0954 e. The van der Waals surface area contributed by atoms with Crippen molar-refractivity contribution in [1.82, 2.24) is 4.90 Å². The zero-order valence-electron chi connectivity index (χ0n) is 11.9. The number of hydrogen-bond acceptors (Lipinski definition) is 2. The molecule has 1 unspecified atom stereocenters. The molecule has 0 aromatic heterocycles. The van der Waals surface area contributed by atoms with Crippen LogP contribution in [0.1, 0.15) is 37.5 Å². The molecule has 0 spiro atoms. The number of benzene rings is 1. The van der Waals surface area contributed by atoms with Crippen LogP contribution < -0.4 is 0 Å². The Balaban J connectivity index is 2.05. The van der Waals surface area contributed by atoms with Gasteiger partial charge in [-0.25, -0.2) is 0 Å². The van der Waals surface area contributed by atoms with E-state index >= 15 is 0 Å². The minimum absolute atomic E-state index is 0.239. The first-order chi connectivity index (χ1) is 9.22. The van der Waals surface area contributed by atoms with Crippen molar-refractivity contribution in [1.29, 1.82) is 0 Å². The van der Waals surface area contributed by atoms with E-state index in [0.717, 1.165) is 31.4 Å². The zero-order valence-corrected chi connectivity index (χ0v) is 13.5. The zero-order chi connectivity index (χ0) is 13.7. The Hall–Kier alpha value is -0.380. The Morgan fingerprint density at radius 1 is 1.37 bits per heavy atom. The van der Waals surface area contributed by atoms with Crippen molar-refractivity contribution in [3.05, 3.63) is 35.4 Å². The fourth-order valence-electron chi connectivity index (χ4n) is 2.66. The van der Waals surface area contributed by atoms with Gasteiger partial charge in [0.15, 0.2) is 0 Å². The lowest BCUT2D eigenvalue weighted by Crippen LogP contribution is -2.37. The van der Waals surface area contributed by atoms with Crippen LogP contribution >= 0.6 is 15.9 Å². The summed E-state index contributed by atoms with van der Waals surface area (Å²) in [6.45, 7) is 7.52. The van der Waals surface area contributed by atoms with Gasteiger partial charge in [0.05, 0.1) is 12.7 Å². The van der Waals surface area contributed by atoms with Crippen molar-refractivity contribution in [2.45, 2.75) is 38.8 Å². The van der Waals surface area contributed by atoms with Crippen molar-refractivity contribution in [2.75, 3.05) is 25.0 Å². The summed E-state index contributed by atoms with van der Waals surface area (Å²) >= 11 is 3.52. The molecule has 0 saturated heterocycles. The van der Waals surface area contributed by atoms with Crippen molar-refractivity contribution in [2.24, 2.45) is 0 Å². The number of ether oxygens (including phenoxy) is 1. The van der Waals surface area contributed by atoms with Gasteiger partial charge < -0.3 is 4.74 Å². The summed E-state index contributed by atoms with van der Waals surface area (Å²) in [5.74, 6) is 0. The molecule has 1 aliphatic rings. The summed E-state index contributed by atoms with van der Waals surface area (Å²) in [7, 11) is 0. The average molecular weight is 326 g/mol. The molecule has 2 nitrogen and oxygen atoms in total. The summed E-state index contributed by atoms with van der Waals surface area (Å²) < 4.78 is 6.01. The Morgan fingerprint density at radius 3 is 2.89 bits per heavy atom. The monoisotopic (exact) mass is 325 g/mol. The number of fused-ring (bicyclic) bond motifs is 1. The number of hydrogen-bond donors (Lipinski definition) is 0. The highest BCUT2D eigenvalue weighted by atomic mass is 79.9. The maximum absolute atomic E-state index is 6.01. The SMILES string of the molecule is CC(C)N(CCCBr)CC1OCCc2ccccc21. The second-order valence-electron chi connectivity index (χ2n) is 5.44. The predicted octanol–water partition coefficient (Wildman–Crippen LogP) is 3.80. The summed E-state index contributed by atoms with van der Waals surface area (Å²) in [5, 5.41) is 1.07. The second kappa shape index (κ2) is 7.41. The van der Waals surface area contributed by atoms with E-state index in [1.807, 2.05) is 0 Å². The highest BCUT2D eigenvalue weighted by molar-refractivity contribution is 9.09. The minimum Gasteiger partial charge on any atom is -0.372 e. The van der Waals surface area contributed by atoms with Gasteiger partial charge in [0.25, 0.3) is 0 Å². The molecule has 0 N–H and O–H groups in total. The summed E-state index contributed by atoms with van der Waals surface area (Å²) in [4.78, 5) is 2.52. The Bertz CT molecular complexity index is 394. The average Bonchev–Trinajstić information content (AvgIpc) is 2.43. The topological polar surface area (TPSA) is 12.5 Å². The van der Waals surface area contributed by atoms with Crippen LogP contribution in [0.2, 0.25) is 0 Å². The van der Waals surface area contributed by atoms with Crippen molar-refractivity contribution >= 4 is 15.9 Å². The molecule has 0 bridgehead atoms. The molecule has 1 aromatic rings. The number of rotatable bonds is 6. The highest BCUT2D eigenvalue weighted by Gasteiger charge is 2.23. The summed E-state index contributed by atoms with van der Waals surface area (Å²) in [5.41, 5.74) is 2.85. The molecule has 106 valence electrons. The minimum atomic E-state index is 0.239. The lowest BCUT2D eigenvalue weighted by atomic mass is 9.97. The molecule has 3 heteroatoms. The summed E-state index contributed by atoms with van der Waals surface area (Å²) in [6.07, 6.45) is 2.48. The van der Waals surface area contributed by atoms with Gasteiger partial charge >= 0.3 is 0 Å². The lowest BCUT2D eigenvalue weighted by Gasteiger charge is -2.33. The summed E-state index contributed by atoms with van der Waals surface area (Å²) in [6, 6.07) is 9.28. The molecule has 1 aromatic carbocycles. The standard InChI is InChI=1S/C16H24BrNO/c1-13(2)18(10-5-9-17)12-16-15-7-4-3-6-14(15)8-11-19-16/h3-4,6-7,13,16H,5,8-12H2,1-2H3. The number of nitrogens with zero attached hydrogens (tertiary/aromatic N) is 1. The molecular weight excluding hydrogens is 302 g/mol. The van der Waals surface area contributed by atoms with Gasteiger partial charge in [-0.3, -0.25) is 4.90 Å². The third-order valence-electron chi connectivity index (χ3n) is 3.80. The van der Waals surface area contributed by atoms with Crippen LogP contribution in [0.15, 0.2) is 24.3 Å². The molecule has 0 fully saturated rings. The quantitative estimate of drug-likeness (QED) is 0.738. The first-order valence-corrected chi connectivity index (χ1v) is 8.34. The normalized spacial score (nSPS) is 18.9. The van der Waals surface area contributed by atoms with E-state index in [0.29, 0.717) is 6.04 Å². The molecular formula is C16H24BrNO. The molecule has 0 amide bonds. The second-order valence-corrected chi connectivity index (χ2v) is 6.23. The molecule has 0 aliphatic carbocycles. The largest absolute Gasteiger partial charge is 0.372 e. The van der Waals surface area contributed by atoms with E-state index in [-0.39, 0.29) is 6.10 Å². The van der Waals surface area contributed by atoms with E-state index < -0.39 is 0 Å². The van der Waals surface area contributed by atoms with Crippen LogP contribution in [-0.4, -0.2) is 36.0 Å². The Morgan fingerprint density at radius 2 is 2.16 bits per heavy atom. The van der Waals surface area contributed by atoms with Crippen molar-refractivity contribution < 1.29 is 4.74 Å². The predicted molar refractivity (Wildman–Crippen MR) is 84.0 cm³/mol. The van der Waals surface area contributed by atoms with Crippen LogP contribution in [0.4, 0.5) is 0 Å². The van der Waals surface area contributed by atoms with Gasteiger partial charge in [-0.05, 0) is 44.4 Å².